The number of nitrogens with zero attached hydrogens (tertiary/aromatic N) is 2. The van der Waals surface area contributed by atoms with Gasteiger partial charge in [0.1, 0.15) is 17.3 Å². The molecule has 0 aliphatic rings. The number of hydrogen-bond acceptors (Lipinski definition) is 3. The Labute approximate surface area is 120 Å². The molecule has 1 rings (SSSR count). The maximum absolute atomic E-state index is 14.1. The first-order valence-electron chi connectivity index (χ1n) is 7.07. The molecule has 1 aromatic rings. The van der Waals surface area contributed by atoms with Crippen molar-refractivity contribution in [3.63, 3.8) is 0 Å². The van der Waals surface area contributed by atoms with Crippen molar-refractivity contribution in [2.75, 3.05) is 45.2 Å². The normalized spacial score (nSPS) is 11.2. The summed E-state index contributed by atoms with van der Waals surface area (Å²) < 4.78 is 28.2. The first-order valence-corrected chi connectivity index (χ1v) is 7.07. The van der Waals surface area contributed by atoms with Gasteiger partial charge in [0.15, 0.2) is 0 Å². The van der Waals surface area contributed by atoms with Crippen molar-refractivity contribution in [3.8, 4) is 0 Å². The van der Waals surface area contributed by atoms with Crippen molar-refractivity contribution in [1.29, 1.82) is 0 Å². The summed E-state index contributed by atoms with van der Waals surface area (Å²) in [5, 5.41) is 0. The predicted octanol–water partition coefficient (Wildman–Crippen LogP) is 2.24. The first kappa shape index (κ1) is 16.9. The van der Waals surface area contributed by atoms with Gasteiger partial charge in [0.25, 0.3) is 0 Å². The van der Waals surface area contributed by atoms with E-state index in [0.29, 0.717) is 31.6 Å². The summed E-state index contributed by atoms with van der Waals surface area (Å²) in [6.45, 7) is 4.40. The zero-order valence-corrected chi connectivity index (χ0v) is 12.6. The van der Waals surface area contributed by atoms with Crippen LogP contribution in [0.3, 0.4) is 0 Å². The molecule has 5 heteroatoms. The summed E-state index contributed by atoms with van der Waals surface area (Å²) in [6, 6.07) is 2.78. The summed E-state index contributed by atoms with van der Waals surface area (Å²) in [5.41, 5.74) is 6.10. The Hall–Kier alpha value is -1.20. The molecule has 0 unspecified atom stereocenters. The van der Waals surface area contributed by atoms with Crippen LogP contribution in [0, 0.1) is 11.6 Å². The van der Waals surface area contributed by atoms with E-state index in [0.717, 1.165) is 13.0 Å². The molecular formula is C15H25F2N3. The van der Waals surface area contributed by atoms with Gasteiger partial charge in [-0.1, -0.05) is 0 Å². The molecule has 0 heterocycles. The largest absolute Gasteiger partial charge is 0.367 e. The van der Waals surface area contributed by atoms with Crippen LogP contribution >= 0.6 is 0 Å². The predicted molar refractivity (Wildman–Crippen MR) is 80.2 cm³/mol. The van der Waals surface area contributed by atoms with Gasteiger partial charge in [-0.25, -0.2) is 8.78 Å². The van der Waals surface area contributed by atoms with E-state index in [-0.39, 0.29) is 5.69 Å². The number of halogens is 2. The smallest absolute Gasteiger partial charge is 0.149 e. The molecule has 0 saturated carbocycles. The van der Waals surface area contributed by atoms with Gasteiger partial charge in [0.2, 0.25) is 0 Å². The molecule has 0 fully saturated rings. The van der Waals surface area contributed by atoms with E-state index in [1.54, 1.807) is 4.90 Å². The Balaban J connectivity index is 2.86. The van der Waals surface area contributed by atoms with Gasteiger partial charge in [-0.15, -0.1) is 0 Å². The van der Waals surface area contributed by atoms with E-state index < -0.39 is 11.6 Å². The lowest BCUT2D eigenvalue weighted by Crippen LogP contribution is -2.28. The van der Waals surface area contributed by atoms with Crippen molar-refractivity contribution in [2.45, 2.75) is 19.8 Å². The summed E-state index contributed by atoms with van der Waals surface area (Å²) in [4.78, 5) is 3.81. The van der Waals surface area contributed by atoms with E-state index in [1.807, 2.05) is 21.0 Å². The third kappa shape index (κ3) is 4.72. The Morgan fingerprint density at radius 3 is 2.15 bits per heavy atom. The highest BCUT2D eigenvalue weighted by molar-refractivity contribution is 5.50. The van der Waals surface area contributed by atoms with Crippen molar-refractivity contribution in [2.24, 2.45) is 5.73 Å². The molecule has 0 bridgehead atoms. The molecule has 0 aliphatic heterocycles. The second kappa shape index (κ2) is 8.17. The number of nitrogens with two attached hydrogens (primary N) is 1. The highest BCUT2D eigenvalue weighted by Crippen LogP contribution is 2.25. The number of hydrogen-bond donors (Lipinski definition) is 1. The number of anilines is 1. The minimum atomic E-state index is -0.500. The molecule has 1 aromatic carbocycles. The second-order valence-corrected chi connectivity index (χ2v) is 5.18. The van der Waals surface area contributed by atoms with Crippen LogP contribution in [0.15, 0.2) is 12.1 Å². The SMILES string of the molecule is CCN(CCCN(C)C)c1c(F)cc(CCN)cc1F. The zero-order chi connectivity index (χ0) is 15.1. The number of rotatable bonds is 8. The van der Waals surface area contributed by atoms with Crippen LogP contribution in [0.4, 0.5) is 14.5 Å². The molecule has 0 saturated heterocycles. The molecule has 0 amide bonds. The first-order chi connectivity index (χ1) is 9.49. The molecule has 3 nitrogen and oxygen atoms in total. The minimum Gasteiger partial charge on any atom is -0.367 e. The highest BCUT2D eigenvalue weighted by atomic mass is 19.1. The number of benzene rings is 1. The Kier molecular flexibility index (Phi) is 6.88. The zero-order valence-electron chi connectivity index (χ0n) is 12.6. The molecule has 0 radical (unpaired) electrons. The van der Waals surface area contributed by atoms with Crippen LogP contribution in [0.1, 0.15) is 18.9 Å². The van der Waals surface area contributed by atoms with Gasteiger partial charge < -0.3 is 15.5 Å². The van der Waals surface area contributed by atoms with Crippen LogP contribution in [-0.2, 0) is 6.42 Å². The van der Waals surface area contributed by atoms with Crippen LogP contribution in [-0.4, -0.2) is 45.2 Å². The fraction of sp³-hybridized carbons (Fsp3) is 0.600. The van der Waals surface area contributed by atoms with Gasteiger partial charge in [0.05, 0.1) is 0 Å². The summed E-state index contributed by atoms with van der Waals surface area (Å²) in [7, 11) is 3.97. The monoisotopic (exact) mass is 285 g/mol. The topological polar surface area (TPSA) is 32.5 Å². The third-order valence-electron chi connectivity index (χ3n) is 3.24. The second-order valence-electron chi connectivity index (χ2n) is 5.18. The average Bonchev–Trinajstić information content (AvgIpc) is 2.36. The lowest BCUT2D eigenvalue weighted by molar-refractivity contribution is 0.400. The molecule has 0 aromatic heterocycles. The van der Waals surface area contributed by atoms with Gasteiger partial charge >= 0.3 is 0 Å². The lowest BCUT2D eigenvalue weighted by atomic mass is 10.1. The standard InChI is InChI=1S/C15H25F2N3/c1-4-20(9-5-8-19(2)3)15-13(16)10-12(6-7-18)11-14(15)17/h10-11H,4-9,18H2,1-3H3. The fourth-order valence-electron chi connectivity index (χ4n) is 2.24. The molecule has 0 aliphatic carbocycles. The van der Waals surface area contributed by atoms with Crippen molar-refractivity contribution in [3.05, 3.63) is 29.3 Å². The molecule has 0 atom stereocenters. The van der Waals surface area contributed by atoms with Gasteiger partial charge in [0, 0.05) is 13.1 Å². The maximum Gasteiger partial charge on any atom is 0.149 e. The highest BCUT2D eigenvalue weighted by Gasteiger charge is 2.16. The third-order valence-corrected chi connectivity index (χ3v) is 3.24. The minimum absolute atomic E-state index is 0.0760. The van der Waals surface area contributed by atoms with Crippen LogP contribution in [0.2, 0.25) is 0 Å². The van der Waals surface area contributed by atoms with Crippen LogP contribution in [0.25, 0.3) is 0 Å². The van der Waals surface area contributed by atoms with Crippen molar-refractivity contribution >= 4 is 5.69 Å². The fourth-order valence-corrected chi connectivity index (χ4v) is 2.24. The Morgan fingerprint density at radius 2 is 1.70 bits per heavy atom. The summed E-state index contributed by atoms with van der Waals surface area (Å²) >= 11 is 0. The van der Waals surface area contributed by atoms with E-state index in [9.17, 15) is 8.78 Å². The average molecular weight is 285 g/mol. The Morgan fingerprint density at radius 1 is 1.10 bits per heavy atom. The van der Waals surface area contributed by atoms with Crippen LogP contribution < -0.4 is 10.6 Å². The summed E-state index contributed by atoms with van der Waals surface area (Å²) in [6.07, 6.45) is 1.35. The quantitative estimate of drug-likeness (QED) is 0.795. The van der Waals surface area contributed by atoms with Crippen molar-refractivity contribution < 1.29 is 8.78 Å². The van der Waals surface area contributed by atoms with E-state index in [1.165, 1.54) is 12.1 Å². The molecule has 20 heavy (non-hydrogen) atoms. The Bertz CT molecular complexity index is 399. The van der Waals surface area contributed by atoms with Gasteiger partial charge in [-0.3, -0.25) is 0 Å². The molecule has 0 spiro atoms. The molecule has 114 valence electrons. The van der Waals surface area contributed by atoms with E-state index in [4.69, 9.17) is 5.73 Å². The maximum atomic E-state index is 14.1. The molecular weight excluding hydrogens is 260 g/mol. The van der Waals surface area contributed by atoms with Crippen LogP contribution in [0.5, 0.6) is 0 Å². The molecule has 2 N–H and O–H groups in total. The van der Waals surface area contributed by atoms with Gasteiger partial charge in [-0.05, 0) is 64.6 Å². The van der Waals surface area contributed by atoms with Crippen molar-refractivity contribution in [1.82, 2.24) is 4.90 Å². The van der Waals surface area contributed by atoms with E-state index in [2.05, 4.69) is 4.90 Å². The lowest BCUT2D eigenvalue weighted by Gasteiger charge is -2.25. The van der Waals surface area contributed by atoms with E-state index >= 15 is 0 Å². The van der Waals surface area contributed by atoms with Gasteiger partial charge in [-0.2, -0.15) is 0 Å². The summed E-state index contributed by atoms with van der Waals surface area (Å²) in [5.74, 6) is -1.000.